The Labute approximate surface area is 308 Å². The van der Waals surface area contributed by atoms with Crippen LogP contribution in [0, 0.1) is 18.3 Å². The molecule has 1 N–H and O–H groups in total. The molecule has 3 heterocycles. The van der Waals surface area contributed by atoms with E-state index >= 15 is 0 Å². The Morgan fingerprint density at radius 3 is 1.67 bits per heavy atom. The zero-order valence-electron chi connectivity index (χ0n) is 30.1. The van der Waals surface area contributed by atoms with Crippen molar-refractivity contribution in [2.75, 3.05) is 70.8 Å². The van der Waals surface area contributed by atoms with Gasteiger partial charge in [0.05, 0.1) is 27.5 Å². The predicted octanol–water partition coefficient (Wildman–Crippen LogP) is 8.42. The number of pyridine rings is 1. The molecule has 2 aliphatic rings. The summed E-state index contributed by atoms with van der Waals surface area (Å²) in [4.78, 5) is 14.8. The van der Waals surface area contributed by atoms with E-state index in [0.717, 1.165) is 129 Å². The summed E-state index contributed by atoms with van der Waals surface area (Å²) in [5.41, 5.74) is 10.9. The Bertz CT molecular complexity index is 1980. The van der Waals surface area contributed by atoms with Gasteiger partial charge in [-0.3, -0.25) is 14.8 Å². The molecule has 0 bridgehead atoms. The fourth-order valence-corrected chi connectivity index (χ4v) is 7.75. The first-order valence-corrected chi connectivity index (χ1v) is 18.8. The second kappa shape index (κ2) is 15.9. The highest BCUT2D eigenvalue weighted by molar-refractivity contribution is 6.34. The van der Waals surface area contributed by atoms with Crippen LogP contribution in [-0.2, 0) is 13.1 Å². The van der Waals surface area contributed by atoms with Gasteiger partial charge in [0.15, 0.2) is 0 Å². The number of aryl methyl sites for hydroxylation is 1. The molecule has 5 aromatic rings. The van der Waals surface area contributed by atoms with Crippen molar-refractivity contribution < 1.29 is 0 Å². The van der Waals surface area contributed by atoms with Gasteiger partial charge in [-0.1, -0.05) is 86.1 Å². The molecule has 7 rings (SSSR count). The number of fused-ring (bicyclic) bond motifs is 1. The van der Waals surface area contributed by atoms with Crippen LogP contribution in [0.3, 0.4) is 0 Å². The SMILES string of the molecule is CCN1CCN(Cc2ccc(-c3cc(C)c(Nc4c(C#N)cnc5cc(-c6ccc(CN7CCN(CC)CC7)cc6)ccc45)c(Cl)c3)cc2)CC1. The molecule has 0 saturated carbocycles. The van der Waals surface area contributed by atoms with Gasteiger partial charge in [-0.25, -0.2) is 0 Å². The molecule has 1 aromatic heterocycles. The largest absolute Gasteiger partial charge is 0.352 e. The molecular weight excluding hydrogens is 650 g/mol. The standard InChI is InChI=1S/C43H48ClN7/c1-4-48-16-20-50(21-17-48)29-32-6-10-34(11-7-32)36-14-15-39-41(26-36)46-28-38(27-45)43(39)47-42-31(3)24-37(25-40(42)44)35-12-8-33(9-13-35)30-51-22-18-49(5-2)19-23-51/h6-15,24-26,28H,4-5,16-23,29-30H2,1-3H3,(H,46,47). The number of rotatable bonds is 10. The fraction of sp³-hybridized carbons (Fsp3) is 0.349. The molecule has 4 aromatic carbocycles. The van der Waals surface area contributed by atoms with Crippen LogP contribution in [0.15, 0.2) is 85.1 Å². The minimum absolute atomic E-state index is 0.477. The van der Waals surface area contributed by atoms with Crippen LogP contribution in [0.25, 0.3) is 33.2 Å². The lowest BCUT2D eigenvalue weighted by Gasteiger charge is -2.34. The van der Waals surface area contributed by atoms with Crippen LogP contribution in [0.5, 0.6) is 0 Å². The first kappa shape index (κ1) is 35.1. The molecule has 2 saturated heterocycles. The van der Waals surface area contributed by atoms with Gasteiger partial charge in [-0.15, -0.1) is 0 Å². The maximum absolute atomic E-state index is 10.1. The van der Waals surface area contributed by atoms with Crippen LogP contribution in [0.4, 0.5) is 11.4 Å². The van der Waals surface area contributed by atoms with Crippen molar-refractivity contribution in [3.63, 3.8) is 0 Å². The lowest BCUT2D eigenvalue weighted by Crippen LogP contribution is -2.45. The highest BCUT2D eigenvalue weighted by Crippen LogP contribution is 2.38. The van der Waals surface area contributed by atoms with Gasteiger partial charge in [-0.05, 0) is 77.2 Å². The molecular formula is C43H48ClN7. The van der Waals surface area contributed by atoms with Crippen molar-refractivity contribution in [1.82, 2.24) is 24.6 Å². The van der Waals surface area contributed by atoms with Gasteiger partial charge in [0.1, 0.15) is 6.07 Å². The summed E-state index contributed by atoms with van der Waals surface area (Å²) in [6.07, 6.45) is 1.65. The quantitative estimate of drug-likeness (QED) is 0.157. The number of hydrogen-bond donors (Lipinski definition) is 1. The summed E-state index contributed by atoms with van der Waals surface area (Å²) in [5.74, 6) is 0. The summed E-state index contributed by atoms with van der Waals surface area (Å²) in [6.45, 7) is 19.8. The lowest BCUT2D eigenvalue weighted by molar-refractivity contribution is 0.132. The van der Waals surface area contributed by atoms with E-state index < -0.39 is 0 Å². The maximum atomic E-state index is 10.1. The third-order valence-electron chi connectivity index (χ3n) is 10.7. The minimum Gasteiger partial charge on any atom is -0.352 e. The molecule has 7 nitrogen and oxygen atoms in total. The number of piperazine rings is 2. The van der Waals surface area contributed by atoms with E-state index in [1.54, 1.807) is 6.20 Å². The van der Waals surface area contributed by atoms with Gasteiger partial charge >= 0.3 is 0 Å². The first-order chi connectivity index (χ1) is 24.9. The van der Waals surface area contributed by atoms with Gasteiger partial charge < -0.3 is 15.1 Å². The third kappa shape index (κ3) is 8.12. The Kier molecular flexibility index (Phi) is 11.0. The molecule has 2 aliphatic heterocycles. The summed E-state index contributed by atoms with van der Waals surface area (Å²) >= 11 is 6.98. The molecule has 2 fully saturated rings. The number of aromatic nitrogens is 1. The first-order valence-electron chi connectivity index (χ1n) is 18.4. The van der Waals surface area contributed by atoms with E-state index in [1.807, 2.05) is 6.07 Å². The molecule has 0 atom stereocenters. The van der Waals surface area contributed by atoms with E-state index in [0.29, 0.717) is 10.6 Å². The van der Waals surface area contributed by atoms with E-state index in [1.165, 1.54) is 11.1 Å². The van der Waals surface area contributed by atoms with Gasteiger partial charge in [0.2, 0.25) is 0 Å². The molecule has 262 valence electrons. The number of nitrogens with zero attached hydrogens (tertiary/aromatic N) is 6. The van der Waals surface area contributed by atoms with Crippen molar-refractivity contribution in [1.29, 1.82) is 5.26 Å². The number of benzene rings is 4. The average Bonchev–Trinajstić information content (AvgIpc) is 3.17. The lowest BCUT2D eigenvalue weighted by atomic mass is 9.99. The predicted molar refractivity (Wildman–Crippen MR) is 212 cm³/mol. The zero-order valence-corrected chi connectivity index (χ0v) is 30.9. The van der Waals surface area contributed by atoms with Crippen LogP contribution < -0.4 is 5.32 Å². The Morgan fingerprint density at radius 1 is 0.647 bits per heavy atom. The van der Waals surface area contributed by atoms with Crippen LogP contribution >= 0.6 is 11.6 Å². The fourth-order valence-electron chi connectivity index (χ4n) is 7.44. The second-order valence-corrected chi connectivity index (χ2v) is 14.4. The highest BCUT2D eigenvalue weighted by atomic mass is 35.5. The van der Waals surface area contributed by atoms with E-state index in [2.05, 4.69) is 130 Å². The molecule has 0 aliphatic carbocycles. The number of halogens is 1. The van der Waals surface area contributed by atoms with Crippen LogP contribution in [-0.4, -0.2) is 90.0 Å². The normalized spacial score (nSPS) is 16.4. The van der Waals surface area contributed by atoms with Crippen LogP contribution in [0.2, 0.25) is 5.02 Å². The summed E-state index contributed by atoms with van der Waals surface area (Å²) in [5, 5.41) is 15.1. The number of hydrogen-bond acceptors (Lipinski definition) is 7. The van der Waals surface area contributed by atoms with E-state index in [-0.39, 0.29) is 0 Å². The number of nitriles is 1. The maximum Gasteiger partial charge on any atom is 0.103 e. The molecule has 0 spiro atoms. The Balaban J connectivity index is 1.06. The zero-order chi connectivity index (χ0) is 35.3. The molecule has 0 amide bonds. The summed E-state index contributed by atoms with van der Waals surface area (Å²) < 4.78 is 0. The molecule has 51 heavy (non-hydrogen) atoms. The van der Waals surface area contributed by atoms with Crippen molar-refractivity contribution in [2.45, 2.75) is 33.9 Å². The van der Waals surface area contributed by atoms with Gasteiger partial charge in [0.25, 0.3) is 0 Å². The molecule has 0 unspecified atom stereocenters. The average molecular weight is 698 g/mol. The van der Waals surface area contributed by atoms with Gasteiger partial charge in [0, 0.05) is 77.0 Å². The van der Waals surface area contributed by atoms with E-state index in [9.17, 15) is 5.26 Å². The Morgan fingerprint density at radius 2 is 1.16 bits per heavy atom. The van der Waals surface area contributed by atoms with Crippen LogP contribution in [0.1, 0.15) is 36.1 Å². The summed E-state index contributed by atoms with van der Waals surface area (Å²) in [7, 11) is 0. The molecule has 0 radical (unpaired) electrons. The van der Waals surface area contributed by atoms with Crippen molar-refractivity contribution in [3.05, 3.63) is 112 Å². The third-order valence-corrected chi connectivity index (χ3v) is 11.0. The Hall–Kier alpha value is -4.29. The van der Waals surface area contributed by atoms with E-state index in [4.69, 9.17) is 11.6 Å². The minimum atomic E-state index is 0.477. The molecule has 8 heteroatoms. The topological polar surface area (TPSA) is 61.7 Å². The van der Waals surface area contributed by atoms with Crippen molar-refractivity contribution in [2.24, 2.45) is 0 Å². The number of likely N-dealkylation sites (N-methyl/N-ethyl adjacent to an activating group) is 2. The number of anilines is 2. The summed E-state index contributed by atoms with van der Waals surface area (Å²) in [6, 6.07) is 30.5. The monoisotopic (exact) mass is 697 g/mol. The van der Waals surface area contributed by atoms with Gasteiger partial charge in [-0.2, -0.15) is 5.26 Å². The van der Waals surface area contributed by atoms with Crippen molar-refractivity contribution in [3.8, 4) is 28.3 Å². The smallest absolute Gasteiger partial charge is 0.103 e. The highest BCUT2D eigenvalue weighted by Gasteiger charge is 2.18. The van der Waals surface area contributed by atoms with Crippen molar-refractivity contribution >= 4 is 33.9 Å². The second-order valence-electron chi connectivity index (χ2n) is 14.0. The number of nitrogens with one attached hydrogen (secondary N) is 1.